The van der Waals surface area contributed by atoms with Crippen LogP contribution in [0.3, 0.4) is 0 Å². The Labute approximate surface area is 183 Å². The fourth-order valence-electron chi connectivity index (χ4n) is 4.88. The Morgan fingerprint density at radius 1 is 1.16 bits per heavy atom. The standard InChI is InChI=1S/C25H30N6/c1-3-19-9-7-8-12-22(19)18(2)28-24-13-14-30-25(29-24)23(16-27-30)20-15-26-31(17-20)21-10-5-4-6-11-21/h3,7-9,12-16,18,20-21H,1,4-6,10-11,17H2,2H3,(H,28,29). The molecular weight excluding hydrogens is 384 g/mol. The molecule has 1 saturated carbocycles. The highest BCUT2D eigenvalue weighted by atomic mass is 15.5. The molecule has 2 atom stereocenters. The average Bonchev–Trinajstić information content (AvgIpc) is 3.46. The molecule has 1 aromatic carbocycles. The van der Waals surface area contributed by atoms with Gasteiger partial charge in [0.25, 0.3) is 0 Å². The van der Waals surface area contributed by atoms with Gasteiger partial charge in [0.15, 0.2) is 5.65 Å². The van der Waals surface area contributed by atoms with Crippen LogP contribution in [0, 0.1) is 0 Å². The van der Waals surface area contributed by atoms with E-state index < -0.39 is 0 Å². The van der Waals surface area contributed by atoms with Gasteiger partial charge in [0, 0.05) is 36.5 Å². The zero-order chi connectivity index (χ0) is 21.2. The third-order valence-electron chi connectivity index (χ3n) is 6.62. The van der Waals surface area contributed by atoms with Gasteiger partial charge >= 0.3 is 0 Å². The molecule has 0 spiro atoms. The predicted molar refractivity (Wildman–Crippen MR) is 126 cm³/mol. The van der Waals surface area contributed by atoms with Gasteiger partial charge in [-0.3, -0.25) is 5.01 Å². The summed E-state index contributed by atoms with van der Waals surface area (Å²) in [6.45, 7) is 7.01. The van der Waals surface area contributed by atoms with Crippen molar-refractivity contribution in [3.63, 3.8) is 0 Å². The second-order valence-electron chi connectivity index (χ2n) is 8.66. The normalized spacial score (nSPS) is 20.3. The van der Waals surface area contributed by atoms with Gasteiger partial charge < -0.3 is 5.32 Å². The number of benzene rings is 1. The van der Waals surface area contributed by atoms with Crippen molar-refractivity contribution in [3.8, 4) is 0 Å². The highest BCUT2D eigenvalue weighted by Gasteiger charge is 2.28. The van der Waals surface area contributed by atoms with E-state index in [0.717, 1.165) is 29.1 Å². The first-order valence-electron chi connectivity index (χ1n) is 11.4. The smallest absolute Gasteiger partial charge is 0.161 e. The van der Waals surface area contributed by atoms with Crippen LogP contribution in [0.4, 0.5) is 5.82 Å². The molecule has 6 heteroatoms. The van der Waals surface area contributed by atoms with Crippen molar-refractivity contribution >= 4 is 23.8 Å². The lowest BCUT2D eigenvalue weighted by molar-refractivity contribution is 0.175. The van der Waals surface area contributed by atoms with Gasteiger partial charge in [-0.05, 0) is 37.0 Å². The number of nitrogens with zero attached hydrogens (tertiary/aromatic N) is 5. The second kappa shape index (κ2) is 8.53. The lowest BCUT2D eigenvalue weighted by Crippen LogP contribution is -2.32. The number of hydrazone groups is 1. The lowest BCUT2D eigenvalue weighted by Gasteiger charge is -2.30. The van der Waals surface area contributed by atoms with Crippen LogP contribution >= 0.6 is 0 Å². The zero-order valence-corrected chi connectivity index (χ0v) is 18.1. The highest BCUT2D eigenvalue weighted by Crippen LogP contribution is 2.30. The molecule has 31 heavy (non-hydrogen) atoms. The molecule has 1 aliphatic heterocycles. The van der Waals surface area contributed by atoms with E-state index in [1.807, 2.05) is 35.1 Å². The topological polar surface area (TPSA) is 57.8 Å². The van der Waals surface area contributed by atoms with E-state index in [4.69, 9.17) is 10.1 Å². The maximum absolute atomic E-state index is 4.92. The molecule has 0 saturated heterocycles. The van der Waals surface area contributed by atoms with Crippen LogP contribution in [-0.2, 0) is 0 Å². The number of hydrogen-bond donors (Lipinski definition) is 1. The summed E-state index contributed by atoms with van der Waals surface area (Å²) in [6.07, 6.45) is 14.4. The van der Waals surface area contributed by atoms with Gasteiger partial charge in [0.2, 0.25) is 0 Å². The van der Waals surface area contributed by atoms with Crippen molar-refractivity contribution < 1.29 is 0 Å². The molecule has 6 nitrogen and oxygen atoms in total. The summed E-state index contributed by atoms with van der Waals surface area (Å²) in [6, 6.07) is 11.0. The Kier molecular flexibility index (Phi) is 5.45. The zero-order valence-electron chi connectivity index (χ0n) is 18.1. The summed E-state index contributed by atoms with van der Waals surface area (Å²) >= 11 is 0. The Balaban J connectivity index is 1.35. The van der Waals surface area contributed by atoms with Crippen molar-refractivity contribution in [2.24, 2.45) is 5.10 Å². The quantitative estimate of drug-likeness (QED) is 0.597. The summed E-state index contributed by atoms with van der Waals surface area (Å²) in [4.78, 5) is 4.92. The van der Waals surface area contributed by atoms with E-state index in [-0.39, 0.29) is 12.0 Å². The summed E-state index contributed by atoms with van der Waals surface area (Å²) in [5.74, 6) is 1.08. The maximum atomic E-state index is 4.92. The summed E-state index contributed by atoms with van der Waals surface area (Å²) in [5, 5.41) is 15.1. The predicted octanol–water partition coefficient (Wildman–Crippen LogP) is 5.26. The first-order chi connectivity index (χ1) is 15.2. The largest absolute Gasteiger partial charge is 0.363 e. The fraction of sp³-hybridized carbons (Fsp3) is 0.400. The number of fused-ring (bicyclic) bond motifs is 1. The van der Waals surface area contributed by atoms with Crippen molar-refractivity contribution in [2.45, 2.75) is 57.0 Å². The summed E-state index contributed by atoms with van der Waals surface area (Å²) in [5.41, 5.74) is 4.39. The monoisotopic (exact) mass is 414 g/mol. The van der Waals surface area contributed by atoms with Crippen LogP contribution in [0.25, 0.3) is 11.7 Å². The van der Waals surface area contributed by atoms with Crippen molar-refractivity contribution in [2.75, 3.05) is 11.9 Å². The minimum Gasteiger partial charge on any atom is -0.363 e. The summed E-state index contributed by atoms with van der Waals surface area (Å²) < 4.78 is 1.86. The Morgan fingerprint density at radius 2 is 2.00 bits per heavy atom. The number of anilines is 1. The van der Waals surface area contributed by atoms with Crippen molar-refractivity contribution in [1.82, 2.24) is 19.6 Å². The molecule has 1 fully saturated rings. The molecule has 160 valence electrons. The van der Waals surface area contributed by atoms with Gasteiger partial charge in [-0.15, -0.1) is 0 Å². The molecule has 5 rings (SSSR count). The minimum atomic E-state index is 0.116. The second-order valence-corrected chi connectivity index (χ2v) is 8.66. The van der Waals surface area contributed by atoms with Crippen LogP contribution in [0.1, 0.15) is 67.7 Å². The Hall–Kier alpha value is -3.15. The molecule has 0 amide bonds. The maximum Gasteiger partial charge on any atom is 0.161 e. The van der Waals surface area contributed by atoms with Gasteiger partial charge in [-0.25, -0.2) is 9.50 Å². The van der Waals surface area contributed by atoms with Crippen molar-refractivity contribution in [3.05, 3.63) is 66.0 Å². The van der Waals surface area contributed by atoms with E-state index in [1.165, 1.54) is 37.7 Å². The molecule has 0 radical (unpaired) electrons. The molecule has 3 heterocycles. The molecule has 3 aromatic rings. The number of aromatic nitrogens is 3. The van der Waals surface area contributed by atoms with Crippen LogP contribution in [0.2, 0.25) is 0 Å². The lowest BCUT2D eigenvalue weighted by atomic mass is 9.94. The Bertz CT molecular complexity index is 1090. The number of rotatable bonds is 6. The number of hydrogen-bond acceptors (Lipinski definition) is 5. The highest BCUT2D eigenvalue weighted by molar-refractivity contribution is 5.74. The molecule has 1 aliphatic carbocycles. The van der Waals surface area contributed by atoms with E-state index >= 15 is 0 Å². The average molecular weight is 415 g/mol. The molecule has 2 aromatic heterocycles. The van der Waals surface area contributed by atoms with Gasteiger partial charge in [-0.2, -0.15) is 10.2 Å². The fourth-order valence-corrected chi connectivity index (χ4v) is 4.88. The van der Waals surface area contributed by atoms with Gasteiger partial charge in [0.1, 0.15) is 5.82 Å². The molecule has 1 N–H and O–H groups in total. The van der Waals surface area contributed by atoms with E-state index in [1.54, 1.807) is 0 Å². The SMILES string of the molecule is C=Cc1ccccc1C(C)Nc1ccn2ncc(C3C=NN(C4CCCCC4)C3)c2n1. The third kappa shape index (κ3) is 3.94. The molecule has 2 unspecified atom stereocenters. The minimum absolute atomic E-state index is 0.116. The van der Waals surface area contributed by atoms with Crippen LogP contribution < -0.4 is 5.32 Å². The van der Waals surface area contributed by atoms with Crippen LogP contribution in [0.5, 0.6) is 0 Å². The number of nitrogens with one attached hydrogen (secondary N) is 1. The first kappa shape index (κ1) is 19.8. The van der Waals surface area contributed by atoms with Gasteiger partial charge in [-0.1, -0.05) is 56.2 Å². The summed E-state index contributed by atoms with van der Waals surface area (Å²) in [7, 11) is 0. The third-order valence-corrected chi connectivity index (χ3v) is 6.62. The Morgan fingerprint density at radius 3 is 2.84 bits per heavy atom. The molecular formula is C25H30N6. The van der Waals surface area contributed by atoms with Crippen LogP contribution in [-0.4, -0.2) is 38.4 Å². The van der Waals surface area contributed by atoms with Crippen LogP contribution in [0.15, 0.2) is 54.4 Å². The van der Waals surface area contributed by atoms with Crippen molar-refractivity contribution in [1.29, 1.82) is 0 Å². The molecule has 2 aliphatic rings. The van der Waals surface area contributed by atoms with E-state index in [0.29, 0.717) is 6.04 Å². The van der Waals surface area contributed by atoms with Gasteiger partial charge in [0.05, 0.1) is 12.2 Å². The van der Waals surface area contributed by atoms with E-state index in [2.05, 4.69) is 53.3 Å². The van der Waals surface area contributed by atoms with E-state index in [9.17, 15) is 0 Å². The molecule has 0 bridgehead atoms. The first-order valence-corrected chi connectivity index (χ1v) is 11.4.